The number of ether oxygens (including phenoxy) is 6. The lowest BCUT2D eigenvalue weighted by atomic mass is 9.80. The van der Waals surface area contributed by atoms with Gasteiger partial charge in [-0.05, 0) is 81.4 Å². The van der Waals surface area contributed by atoms with Crippen LogP contribution >= 0.6 is 0 Å². The van der Waals surface area contributed by atoms with Crippen LogP contribution in [0.5, 0.6) is 11.5 Å². The average Bonchev–Trinajstić information content (AvgIpc) is 3.71. The number of hydrogen-bond acceptors (Lipinski definition) is 11. The number of primary amides is 1. The molecule has 14 nitrogen and oxygen atoms in total. The van der Waals surface area contributed by atoms with E-state index in [-0.39, 0.29) is 36.9 Å². The first-order valence-corrected chi connectivity index (χ1v) is 18.4. The SMILES string of the molecule is COCCCOc1cc(CC(C[C@H]2[C@H](CC(C(=O)NCC(C)(C)C(N)=O)C(C)C)OCN2C(=O)OC(C)OC(=O)C2(N)CC2)C(C)C)ccc1OC. The van der Waals surface area contributed by atoms with Gasteiger partial charge in [0.2, 0.25) is 18.1 Å². The second-order valence-electron chi connectivity index (χ2n) is 15.6. The fraction of sp³-hybridized carbons (Fsp3) is 0.737. The van der Waals surface area contributed by atoms with Crippen LogP contribution in [-0.4, -0.2) is 93.5 Å². The minimum atomic E-state index is -1.16. The van der Waals surface area contributed by atoms with Crippen molar-refractivity contribution in [1.29, 1.82) is 0 Å². The minimum Gasteiger partial charge on any atom is -0.493 e. The second-order valence-corrected chi connectivity index (χ2v) is 15.6. The number of benzene rings is 1. The Bertz CT molecular complexity index is 1370. The molecule has 3 unspecified atom stereocenters. The molecule has 1 saturated carbocycles. The van der Waals surface area contributed by atoms with Crippen molar-refractivity contribution in [3.8, 4) is 11.5 Å². The highest BCUT2D eigenvalue weighted by Crippen LogP contribution is 2.37. The van der Waals surface area contributed by atoms with Gasteiger partial charge >= 0.3 is 12.1 Å². The molecule has 1 aromatic carbocycles. The Morgan fingerprint density at radius 1 is 1.00 bits per heavy atom. The minimum absolute atomic E-state index is 0.0659. The molecule has 2 fully saturated rings. The monoisotopic (exact) mass is 734 g/mol. The predicted octanol–water partition coefficient (Wildman–Crippen LogP) is 4.15. The predicted molar refractivity (Wildman–Crippen MR) is 194 cm³/mol. The van der Waals surface area contributed by atoms with Crippen LogP contribution in [-0.2, 0) is 39.8 Å². The molecule has 1 saturated heterocycles. The number of esters is 1. The van der Waals surface area contributed by atoms with Crippen molar-refractivity contribution in [2.24, 2.45) is 40.6 Å². The third-order valence-corrected chi connectivity index (χ3v) is 10.2. The normalized spacial score (nSPS) is 19.9. The zero-order valence-electron chi connectivity index (χ0n) is 32.5. The number of rotatable bonds is 21. The molecule has 52 heavy (non-hydrogen) atoms. The Morgan fingerprint density at radius 3 is 2.27 bits per heavy atom. The number of carbonyl (C=O) groups excluding carboxylic acids is 4. The summed E-state index contributed by atoms with van der Waals surface area (Å²) < 4.78 is 34.0. The van der Waals surface area contributed by atoms with Gasteiger partial charge in [0.15, 0.2) is 11.5 Å². The zero-order valence-corrected chi connectivity index (χ0v) is 32.5. The molecule has 1 aliphatic heterocycles. The summed E-state index contributed by atoms with van der Waals surface area (Å²) in [6.07, 6.45) is 0.940. The number of amides is 3. The van der Waals surface area contributed by atoms with Gasteiger partial charge in [0.1, 0.15) is 12.3 Å². The highest BCUT2D eigenvalue weighted by molar-refractivity contribution is 5.84. The lowest BCUT2D eigenvalue weighted by molar-refractivity contribution is -0.169. The molecule has 14 heteroatoms. The Labute approximate surface area is 308 Å². The molecule has 1 heterocycles. The topological polar surface area (TPSA) is 191 Å². The van der Waals surface area contributed by atoms with E-state index in [0.717, 1.165) is 12.0 Å². The standard InChI is InChI=1S/C38H62N4O10/c1-23(2)27(17-26-11-12-30(48-9)32(18-26)49-16-10-15-47-8)19-29-31(20-28(24(3)4)33(43)41-21-37(6,7)34(39)44)50-22-42(29)36(46)52-25(5)51-35(45)38(40)13-14-38/h11-12,18,23-25,27-29,31H,10,13-17,19-22,40H2,1-9H3,(H2,39,44)(H,41,43)/t25?,27?,28?,29-,31-/m0/s1. The fourth-order valence-corrected chi connectivity index (χ4v) is 6.13. The van der Waals surface area contributed by atoms with Crippen molar-refractivity contribution in [1.82, 2.24) is 10.2 Å². The molecule has 3 rings (SSSR count). The lowest BCUT2D eigenvalue weighted by Crippen LogP contribution is -2.47. The van der Waals surface area contributed by atoms with Crippen LogP contribution in [0.15, 0.2) is 18.2 Å². The highest BCUT2D eigenvalue weighted by Gasteiger charge is 2.49. The first kappa shape index (κ1) is 42.8. The van der Waals surface area contributed by atoms with Gasteiger partial charge in [0, 0.05) is 39.5 Å². The van der Waals surface area contributed by atoms with Gasteiger partial charge in [-0.1, -0.05) is 33.8 Å². The van der Waals surface area contributed by atoms with E-state index in [2.05, 4.69) is 19.2 Å². The maximum absolute atomic E-state index is 13.7. The number of hydrogen-bond donors (Lipinski definition) is 3. The summed E-state index contributed by atoms with van der Waals surface area (Å²) in [7, 11) is 3.26. The number of carbonyl (C=O) groups is 4. The van der Waals surface area contributed by atoms with Crippen molar-refractivity contribution >= 4 is 23.9 Å². The van der Waals surface area contributed by atoms with Gasteiger partial charge in [-0.3, -0.25) is 14.5 Å². The summed E-state index contributed by atoms with van der Waals surface area (Å²) in [5.41, 5.74) is 10.6. The molecule has 0 radical (unpaired) electrons. The van der Waals surface area contributed by atoms with Crippen LogP contribution in [0.25, 0.3) is 0 Å². The van der Waals surface area contributed by atoms with E-state index < -0.39 is 53.3 Å². The molecule has 0 spiro atoms. The van der Waals surface area contributed by atoms with E-state index in [1.54, 1.807) is 28.1 Å². The van der Waals surface area contributed by atoms with Crippen molar-refractivity contribution in [2.45, 2.75) is 111 Å². The van der Waals surface area contributed by atoms with Gasteiger partial charge < -0.3 is 45.2 Å². The van der Waals surface area contributed by atoms with Crippen molar-refractivity contribution in [3.05, 3.63) is 23.8 Å². The molecule has 1 aliphatic carbocycles. The summed E-state index contributed by atoms with van der Waals surface area (Å²) in [5, 5.41) is 2.91. The van der Waals surface area contributed by atoms with Crippen LogP contribution in [0, 0.1) is 29.1 Å². The Balaban J connectivity index is 1.85. The van der Waals surface area contributed by atoms with Gasteiger partial charge in [0.25, 0.3) is 0 Å². The van der Waals surface area contributed by atoms with Crippen LogP contribution in [0.4, 0.5) is 4.79 Å². The van der Waals surface area contributed by atoms with Gasteiger partial charge in [-0.25, -0.2) is 9.59 Å². The molecule has 1 aromatic rings. The van der Waals surface area contributed by atoms with Crippen LogP contribution in [0.3, 0.4) is 0 Å². The first-order valence-electron chi connectivity index (χ1n) is 18.4. The van der Waals surface area contributed by atoms with Crippen LogP contribution in [0.1, 0.15) is 86.1 Å². The average molecular weight is 735 g/mol. The molecule has 0 aromatic heterocycles. The molecular formula is C38H62N4O10. The van der Waals surface area contributed by atoms with E-state index in [1.807, 2.05) is 32.0 Å². The molecule has 0 bridgehead atoms. The molecule has 294 valence electrons. The van der Waals surface area contributed by atoms with Gasteiger partial charge in [0.05, 0.1) is 31.3 Å². The molecule has 2 aliphatic rings. The number of nitrogens with one attached hydrogen (secondary N) is 1. The maximum Gasteiger partial charge on any atom is 0.415 e. The Kier molecular flexibility index (Phi) is 15.6. The smallest absolute Gasteiger partial charge is 0.415 e. The first-order chi connectivity index (χ1) is 24.4. The number of methoxy groups -OCH3 is 2. The van der Waals surface area contributed by atoms with Crippen LogP contribution < -0.4 is 26.3 Å². The summed E-state index contributed by atoms with van der Waals surface area (Å²) in [6, 6.07) is 5.43. The van der Waals surface area contributed by atoms with E-state index in [9.17, 15) is 19.2 Å². The van der Waals surface area contributed by atoms with Crippen molar-refractivity contribution in [2.75, 3.05) is 40.7 Å². The Hall–Kier alpha value is -3.62. The third-order valence-electron chi connectivity index (χ3n) is 10.2. The lowest BCUT2D eigenvalue weighted by Gasteiger charge is -2.33. The highest BCUT2D eigenvalue weighted by atomic mass is 16.7. The van der Waals surface area contributed by atoms with E-state index in [0.29, 0.717) is 56.8 Å². The molecule has 5 N–H and O–H groups in total. The second kappa shape index (κ2) is 18.9. The van der Waals surface area contributed by atoms with Gasteiger partial charge in [-0.2, -0.15) is 0 Å². The third kappa shape index (κ3) is 12.0. The zero-order chi connectivity index (χ0) is 38.8. The van der Waals surface area contributed by atoms with Crippen molar-refractivity contribution in [3.63, 3.8) is 0 Å². The fourth-order valence-electron chi connectivity index (χ4n) is 6.13. The largest absolute Gasteiger partial charge is 0.493 e. The molecule has 3 amide bonds. The van der Waals surface area contributed by atoms with E-state index in [4.69, 9.17) is 39.9 Å². The van der Waals surface area contributed by atoms with Crippen LogP contribution in [0.2, 0.25) is 0 Å². The molecular weight excluding hydrogens is 672 g/mol. The van der Waals surface area contributed by atoms with Gasteiger partial charge in [-0.15, -0.1) is 0 Å². The number of nitrogens with two attached hydrogens (primary N) is 2. The number of nitrogens with zero attached hydrogens (tertiary/aromatic N) is 1. The maximum atomic E-state index is 13.7. The summed E-state index contributed by atoms with van der Waals surface area (Å²) in [6.45, 7) is 14.1. The summed E-state index contributed by atoms with van der Waals surface area (Å²) in [5.74, 6) is -0.344. The molecule has 5 atom stereocenters. The summed E-state index contributed by atoms with van der Waals surface area (Å²) >= 11 is 0. The quantitative estimate of drug-likeness (QED) is 0.0935. The summed E-state index contributed by atoms with van der Waals surface area (Å²) in [4.78, 5) is 53.1. The van der Waals surface area contributed by atoms with Crippen molar-refractivity contribution < 1.29 is 47.6 Å². The van der Waals surface area contributed by atoms with E-state index >= 15 is 0 Å². The Morgan fingerprint density at radius 2 is 1.69 bits per heavy atom. The van der Waals surface area contributed by atoms with E-state index in [1.165, 1.54) is 11.8 Å².